The number of hydrogen-bond acceptors (Lipinski definition) is 6. The minimum atomic E-state index is -3.76. The number of benzene rings is 2. The maximum absolute atomic E-state index is 13.3. The van der Waals surface area contributed by atoms with Crippen LogP contribution >= 0.6 is 0 Å². The second-order valence-corrected chi connectivity index (χ2v) is 10.8. The predicted molar refractivity (Wildman–Crippen MR) is 126 cm³/mol. The van der Waals surface area contributed by atoms with Gasteiger partial charge in [0.25, 0.3) is 5.91 Å². The Hall–Kier alpha value is -3.28. The summed E-state index contributed by atoms with van der Waals surface area (Å²) in [6.07, 6.45) is 1.10. The number of rotatable bonds is 5. The van der Waals surface area contributed by atoms with Crippen LogP contribution in [0.5, 0.6) is 0 Å². The Labute approximate surface area is 203 Å². The fourth-order valence-electron chi connectivity index (χ4n) is 4.96. The molecule has 2 aromatic carbocycles. The van der Waals surface area contributed by atoms with E-state index in [2.05, 4.69) is 10.6 Å². The quantitative estimate of drug-likeness (QED) is 0.600. The second-order valence-electron chi connectivity index (χ2n) is 8.93. The number of nitrogens with zero attached hydrogens (tertiary/aromatic N) is 2. The first-order valence-electron chi connectivity index (χ1n) is 11.4. The molecule has 35 heavy (non-hydrogen) atoms. The van der Waals surface area contributed by atoms with E-state index in [9.17, 15) is 22.8 Å². The number of anilines is 1. The number of ether oxygens (including phenoxy) is 1. The fraction of sp³-hybridized carbons (Fsp3) is 0.375. The molecule has 10 nitrogen and oxygen atoms in total. The van der Waals surface area contributed by atoms with Crippen molar-refractivity contribution in [3.05, 3.63) is 59.2 Å². The minimum absolute atomic E-state index is 0.0914. The SMILES string of the molecule is Cc1ccc(NC(=O)CN2C(=O)N[C@]3(CCc4ccccc43)C2=O)cc1S(=O)(=O)N1CCOCC1. The summed E-state index contributed by atoms with van der Waals surface area (Å²) >= 11 is 0. The van der Waals surface area contributed by atoms with Crippen LogP contribution in [-0.4, -0.2) is 68.3 Å². The molecule has 1 spiro atoms. The van der Waals surface area contributed by atoms with E-state index < -0.39 is 40.0 Å². The van der Waals surface area contributed by atoms with E-state index in [1.54, 1.807) is 19.1 Å². The number of nitrogens with one attached hydrogen (secondary N) is 2. The number of carbonyl (C=O) groups is 3. The molecule has 2 heterocycles. The largest absolute Gasteiger partial charge is 0.379 e. The number of fused-ring (bicyclic) bond motifs is 2. The Morgan fingerprint density at radius 3 is 2.66 bits per heavy atom. The zero-order valence-corrected chi connectivity index (χ0v) is 20.1. The summed E-state index contributed by atoms with van der Waals surface area (Å²) in [5.74, 6) is -1.06. The van der Waals surface area contributed by atoms with Crippen molar-refractivity contribution in [2.45, 2.75) is 30.2 Å². The Kier molecular flexibility index (Phi) is 5.86. The molecule has 5 rings (SSSR count). The Morgan fingerprint density at radius 1 is 1.14 bits per heavy atom. The average Bonchev–Trinajstić information content (AvgIpc) is 3.33. The van der Waals surface area contributed by atoms with Crippen molar-refractivity contribution in [3.63, 3.8) is 0 Å². The molecule has 2 aliphatic heterocycles. The third kappa shape index (κ3) is 3.99. The van der Waals surface area contributed by atoms with Gasteiger partial charge in [-0.25, -0.2) is 13.2 Å². The molecule has 0 saturated carbocycles. The molecule has 1 atom stereocenters. The first-order valence-corrected chi connectivity index (χ1v) is 12.9. The Morgan fingerprint density at radius 2 is 1.89 bits per heavy atom. The molecule has 2 saturated heterocycles. The van der Waals surface area contributed by atoms with Crippen LogP contribution in [-0.2, 0) is 36.3 Å². The summed E-state index contributed by atoms with van der Waals surface area (Å²) in [7, 11) is -3.76. The molecule has 11 heteroatoms. The molecule has 2 aromatic rings. The van der Waals surface area contributed by atoms with Crippen LogP contribution in [0.1, 0.15) is 23.1 Å². The lowest BCUT2D eigenvalue weighted by Crippen LogP contribution is -2.43. The maximum atomic E-state index is 13.3. The smallest absolute Gasteiger partial charge is 0.325 e. The molecule has 0 bridgehead atoms. The maximum Gasteiger partial charge on any atom is 0.325 e. The molecule has 0 radical (unpaired) electrons. The number of carbonyl (C=O) groups excluding carboxylic acids is 3. The highest BCUT2D eigenvalue weighted by Gasteiger charge is 2.55. The summed E-state index contributed by atoms with van der Waals surface area (Å²) in [6, 6.07) is 11.4. The zero-order valence-electron chi connectivity index (χ0n) is 19.2. The van der Waals surface area contributed by atoms with Crippen LogP contribution in [0.25, 0.3) is 0 Å². The van der Waals surface area contributed by atoms with Crippen LogP contribution in [0, 0.1) is 6.92 Å². The highest BCUT2D eigenvalue weighted by Crippen LogP contribution is 2.41. The molecule has 1 aliphatic carbocycles. The highest BCUT2D eigenvalue weighted by molar-refractivity contribution is 7.89. The van der Waals surface area contributed by atoms with Crippen LogP contribution in [0.3, 0.4) is 0 Å². The molecule has 0 unspecified atom stereocenters. The number of hydrogen-bond donors (Lipinski definition) is 2. The molecule has 4 amide bonds. The molecule has 2 N–H and O–H groups in total. The van der Waals surface area contributed by atoms with E-state index in [-0.39, 0.29) is 23.7 Å². The summed E-state index contributed by atoms with van der Waals surface area (Å²) in [4.78, 5) is 39.7. The van der Waals surface area contributed by atoms with Crippen molar-refractivity contribution in [2.75, 3.05) is 38.2 Å². The third-order valence-corrected chi connectivity index (χ3v) is 8.82. The molecular weight excluding hydrogens is 472 g/mol. The summed E-state index contributed by atoms with van der Waals surface area (Å²) < 4.78 is 32.8. The topological polar surface area (TPSA) is 125 Å². The normalized spacial score (nSPS) is 22.4. The van der Waals surface area contributed by atoms with Gasteiger partial charge in [-0.15, -0.1) is 0 Å². The van der Waals surface area contributed by atoms with Gasteiger partial charge in [0.2, 0.25) is 15.9 Å². The third-order valence-electron chi connectivity index (χ3n) is 6.78. The van der Waals surface area contributed by atoms with Crippen LogP contribution in [0.2, 0.25) is 0 Å². The van der Waals surface area contributed by atoms with Crippen molar-refractivity contribution in [2.24, 2.45) is 0 Å². The molecule has 3 aliphatic rings. The van der Waals surface area contributed by atoms with Gasteiger partial charge >= 0.3 is 6.03 Å². The van der Waals surface area contributed by atoms with Gasteiger partial charge in [-0.3, -0.25) is 14.5 Å². The van der Waals surface area contributed by atoms with Gasteiger partial charge in [-0.05, 0) is 48.6 Å². The second kappa shape index (κ2) is 8.74. The first kappa shape index (κ1) is 23.5. The Bertz CT molecular complexity index is 1320. The number of aryl methyl sites for hydroxylation is 2. The predicted octanol–water partition coefficient (Wildman–Crippen LogP) is 1.35. The number of sulfonamides is 1. The van der Waals surface area contributed by atoms with Gasteiger partial charge in [0.05, 0.1) is 18.1 Å². The van der Waals surface area contributed by atoms with Crippen molar-refractivity contribution in [1.82, 2.24) is 14.5 Å². The standard InChI is InChI=1S/C24H26N4O6S/c1-16-6-7-18(14-20(16)35(32,33)27-10-12-34-13-11-27)25-21(29)15-28-22(30)24(26-23(28)31)9-8-17-4-2-3-5-19(17)24/h2-7,14H,8-13,15H2,1H3,(H,25,29)(H,26,31)/t24-/m0/s1. The van der Waals surface area contributed by atoms with E-state index in [0.29, 0.717) is 31.6 Å². The highest BCUT2D eigenvalue weighted by atomic mass is 32.2. The number of imide groups is 1. The van der Waals surface area contributed by atoms with E-state index in [1.165, 1.54) is 10.4 Å². The summed E-state index contributed by atoms with van der Waals surface area (Å²) in [6.45, 7) is 2.38. The van der Waals surface area contributed by atoms with E-state index in [0.717, 1.165) is 16.0 Å². The summed E-state index contributed by atoms with van der Waals surface area (Å²) in [5, 5.41) is 5.42. The molecule has 0 aromatic heterocycles. The van der Waals surface area contributed by atoms with Gasteiger partial charge in [0.15, 0.2) is 0 Å². The number of morpholine rings is 1. The van der Waals surface area contributed by atoms with Gasteiger partial charge in [0, 0.05) is 18.8 Å². The summed E-state index contributed by atoms with van der Waals surface area (Å²) in [5.41, 5.74) is 1.43. The first-order chi connectivity index (χ1) is 16.7. The van der Waals surface area contributed by atoms with Crippen LogP contribution < -0.4 is 10.6 Å². The van der Waals surface area contributed by atoms with Gasteiger partial charge in [-0.2, -0.15) is 4.31 Å². The van der Waals surface area contributed by atoms with E-state index >= 15 is 0 Å². The van der Waals surface area contributed by atoms with Crippen molar-refractivity contribution in [1.29, 1.82) is 0 Å². The average molecular weight is 499 g/mol. The monoisotopic (exact) mass is 498 g/mol. The molecule has 184 valence electrons. The van der Waals surface area contributed by atoms with Crippen molar-refractivity contribution in [3.8, 4) is 0 Å². The molecule has 2 fully saturated rings. The number of urea groups is 1. The molecular formula is C24H26N4O6S. The lowest BCUT2D eigenvalue weighted by Gasteiger charge is -2.27. The van der Waals surface area contributed by atoms with Crippen LogP contribution in [0.15, 0.2) is 47.4 Å². The van der Waals surface area contributed by atoms with Crippen LogP contribution in [0.4, 0.5) is 10.5 Å². The van der Waals surface area contributed by atoms with E-state index in [1.807, 2.05) is 24.3 Å². The van der Waals surface area contributed by atoms with Gasteiger partial charge in [0.1, 0.15) is 12.1 Å². The minimum Gasteiger partial charge on any atom is -0.379 e. The van der Waals surface area contributed by atoms with Crippen molar-refractivity contribution >= 4 is 33.6 Å². The number of amides is 4. The zero-order chi connectivity index (χ0) is 24.8. The van der Waals surface area contributed by atoms with E-state index in [4.69, 9.17) is 4.74 Å². The fourth-order valence-corrected chi connectivity index (χ4v) is 6.62. The van der Waals surface area contributed by atoms with Gasteiger partial charge < -0.3 is 15.4 Å². The van der Waals surface area contributed by atoms with Gasteiger partial charge in [-0.1, -0.05) is 30.3 Å². The van der Waals surface area contributed by atoms with Crippen molar-refractivity contribution < 1.29 is 27.5 Å². The lowest BCUT2D eigenvalue weighted by molar-refractivity contribution is -0.134. The Balaban J connectivity index is 1.32. The lowest BCUT2D eigenvalue weighted by atomic mass is 9.92.